The molecule has 0 radical (unpaired) electrons. The maximum absolute atomic E-state index is 12.7. The summed E-state index contributed by atoms with van der Waals surface area (Å²) in [5, 5.41) is 19.0. The van der Waals surface area contributed by atoms with Crippen LogP contribution in [0.1, 0.15) is 28.4 Å². The summed E-state index contributed by atoms with van der Waals surface area (Å²) in [4.78, 5) is 23.7. The van der Waals surface area contributed by atoms with Crippen molar-refractivity contribution in [2.45, 2.75) is 18.2 Å². The molecule has 0 spiro atoms. The van der Waals surface area contributed by atoms with Crippen LogP contribution in [0.25, 0.3) is 11.1 Å². The van der Waals surface area contributed by atoms with Crippen LogP contribution in [0, 0.1) is 11.3 Å². The molecule has 3 aromatic rings. The number of methoxy groups -OCH3 is 1. The zero-order valence-electron chi connectivity index (χ0n) is 20.8. The minimum Gasteiger partial charge on any atom is -0.507 e. The quantitative estimate of drug-likeness (QED) is 0.351. The number of benzene rings is 3. The highest BCUT2D eigenvalue weighted by molar-refractivity contribution is 7.89. The maximum Gasteiger partial charge on any atom is 0.344 e. The lowest BCUT2D eigenvalue weighted by molar-refractivity contribution is -0.145. The van der Waals surface area contributed by atoms with E-state index >= 15 is 0 Å². The summed E-state index contributed by atoms with van der Waals surface area (Å²) in [6.45, 7) is 1.41. The van der Waals surface area contributed by atoms with E-state index in [2.05, 4.69) is 4.72 Å². The molecule has 0 saturated carbocycles. The summed E-state index contributed by atoms with van der Waals surface area (Å²) >= 11 is 0. The van der Waals surface area contributed by atoms with Gasteiger partial charge in [-0.05, 0) is 60.4 Å². The summed E-state index contributed by atoms with van der Waals surface area (Å²) in [5.74, 6) is -1.28. The van der Waals surface area contributed by atoms with Crippen LogP contribution >= 0.6 is 0 Å². The zero-order chi connectivity index (χ0) is 27.7. The van der Waals surface area contributed by atoms with Crippen molar-refractivity contribution in [1.29, 1.82) is 5.26 Å². The Morgan fingerprint density at radius 1 is 1.08 bits per heavy atom. The van der Waals surface area contributed by atoms with Crippen LogP contribution in [-0.4, -0.2) is 52.3 Å². The topological polar surface area (TPSA) is 152 Å². The van der Waals surface area contributed by atoms with Crippen molar-refractivity contribution in [2.75, 3.05) is 26.9 Å². The predicted octanol–water partition coefficient (Wildman–Crippen LogP) is 3.18. The van der Waals surface area contributed by atoms with E-state index in [0.29, 0.717) is 28.0 Å². The first-order valence-corrected chi connectivity index (χ1v) is 13.0. The van der Waals surface area contributed by atoms with E-state index in [0.717, 1.165) is 12.1 Å². The summed E-state index contributed by atoms with van der Waals surface area (Å²) in [6, 6.07) is 17.3. The number of phenols is 1. The SMILES string of the molecule is CCOC(=O)COc1cc(-c2ccccc2C(=O)OC)ccc1CCNS(=O)(=O)c1cc(C#N)ccc1O. The van der Waals surface area contributed by atoms with Gasteiger partial charge in [0, 0.05) is 6.54 Å². The number of hydrogen-bond acceptors (Lipinski definition) is 9. The van der Waals surface area contributed by atoms with Gasteiger partial charge in [0.1, 0.15) is 16.4 Å². The van der Waals surface area contributed by atoms with Gasteiger partial charge < -0.3 is 19.3 Å². The van der Waals surface area contributed by atoms with Crippen LogP contribution in [0.15, 0.2) is 65.6 Å². The fourth-order valence-electron chi connectivity index (χ4n) is 3.62. The van der Waals surface area contributed by atoms with Crippen molar-refractivity contribution in [3.63, 3.8) is 0 Å². The molecule has 0 unspecified atom stereocenters. The van der Waals surface area contributed by atoms with Crippen LogP contribution in [0.5, 0.6) is 11.5 Å². The Bertz CT molecular complexity index is 1480. The van der Waals surface area contributed by atoms with Gasteiger partial charge in [-0.2, -0.15) is 5.26 Å². The van der Waals surface area contributed by atoms with Gasteiger partial charge in [-0.3, -0.25) is 0 Å². The highest BCUT2D eigenvalue weighted by Gasteiger charge is 2.20. The van der Waals surface area contributed by atoms with E-state index in [1.165, 1.54) is 13.2 Å². The summed E-state index contributed by atoms with van der Waals surface area (Å²) in [5.41, 5.74) is 2.20. The molecule has 0 atom stereocenters. The van der Waals surface area contributed by atoms with Crippen LogP contribution in [0.4, 0.5) is 0 Å². The average molecular weight is 539 g/mol. The minimum absolute atomic E-state index is 0.0770. The number of carbonyl (C=O) groups excluding carboxylic acids is 2. The lowest BCUT2D eigenvalue weighted by atomic mass is 9.97. The smallest absolute Gasteiger partial charge is 0.344 e. The number of aromatic hydroxyl groups is 1. The average Bonchev–Trinajstić information content (AvgIpc) is 2.92. The number of phenolic OH excluding ortho intramolecular Hbond substituents is 1. The molecule has 0 heterocycles. The molecule has 0 bridgehead atoms. The lowest BCUT2D eigenvalue weighted by Gasteiger charge is -2.15. The molecule has 198 valence electrons. The molecule has 0 fully saturated rings. The zero-order valence-corrected chi connectivity index (χ0v) is 21.6. The largest absolute Gasteiger partial charge is 0.507 e. The summed E-state index contributed by atoms with van der Waals surface area (Å²) in [7, 11) is -2.84. The van der Waals surface area contributed by atoms with Crippen molar-refractivity contribution >= 4 is 22.0 Å². The number of esters is 2. The number of nitrogens with one attached hydrogen (secondary N) is 1. The predicted molar refractivity (Wildman–Crippen MR) is 137 cm³/mol. The van der Waals surface area contributed by atoms with E-state index in [9.17, 15) is 23.1 Å². The Morgan fingerprint density at radius 2 is 1.84 bits per heavy atom. The highest BCUT2D eigenvalue weighted by Crippen LogP contribution is 2.31. The first-order chi connectivity index (χ1) is 18.2. The first-order valence-electron chi connectivity index (χ1n) is 11.5. The number of rotatable bonds is 11. The molecular formula is C27H26N2O8S. The van der Waals surface area contributed by atoms with Gasteiger partial charge in [0.05, 0.1) is 30.9 Å². The highest BCUT2D eigenvalue weighted by atomic mass is 32.2. The normalized spacial score (nSPS) is 10.9. The van der Waals surface area contributed by atoms with Crippen LogP contribution < -0.4 is 9.46 Å². The summed E-state index contributed by atoms with van der Waals surface area (Å²) in [6.07, 6.45) is 0.162. The molecule has 0 saturated heterocycles. The van der Waals surface area contributed by atoms with E-state index in [1.54, 1.807) is 49.4 Å². The van der Waals surface area contributed by atoms with Gasteiger partial charge in [0.15, 0.2) is 6.61 Å². The van der Waals surface area contributed by atoms with Crippen LogP contribution in [-0.2, 0) is 30.7 Å². The maximum atomic E-state index is 12.7. The lowest BCUT2D eigenvalue weighted by Crippen LogP contribution is -2.26. The molecule has 0 aliphatic carbocycles. The molecule has 3 aromatic carbocycles. The van der Waals surface area contributed by atoms with Crippen molar-refractivity contribution in [3.05, 3.63) is 77.4 Å². The van der Waals surface area contributed by atoms with Gasteiger partial charge >= 0.3 is 11.9 Å². The molecule has 10 nitrogen and oxygen atoms in total. The second-order valence-corrected chi connectivity index (χ2v) is 9.63. The Hall–Kier alpha value is -4.40. The second kappa shape index (κ2) is 12.7. The van der Waals surface area contributed by atoms with Gasteiger partial charge in [-0.1, -0.05) is 30.3 Å². The molecular weight excluding hydrogens is 512 g/mol. The van der Waals surface area contributed by atoms with E-state index in [4.69, 9.17) is 19.5 Å². The standard InChI is InChI=1S/C27H26N2O8S/c1-3-36-26(31)17-37-24-15-20(21-6-4-5-7-22(21)27(32)35-2)10-9-19(24)12-13-29-38(33,34)25-14-18(16-28)8-11-23(25)30/h4-11,14-15,29-30H,3,12-13,17H2,1-2H3. The van der Waals surface area contributed by atoms with E-state index < -0.39 is 32.6 Å². The second-order valence-electron chi connectivity index (χ2n) is 7.90. The number of nitrogens with zero attached hydrogens (tertiary/aromatic N) is 1. The molecule has 11 heteroatoms. The van der Waals surface area contributed by atoms with Crippen molar-refractivity contribution in [1.82, 2.24) is 4.72 Å². The van der Waals surface area contributed by atoms with E-state index in [1.807, 2.05) is 6.07 Å². The van der Waals surface area contributed by atoms with Gasteiger partial charge in [0.2, 0.25) is 10.0 Å². The van der Waals surface area contributed by atoms with Gasteiger partial charge in [-0.25, -0.2) is 22.7 Å². The summed E-state index contributed by atoms with van der Waals surface area (Å²) < 4.78 is 43.4. The Morgan fingerprint density at radius 3 is 2.55 bits per heavy atom. The fourth-order valence-corrected chi connectivity index (χ4v) is 4.77. The molecule has 38 heavy (non-hydrogen) atoms. The number of ether oxygens (including phenoxy) is 3. The molecule has 0 amide bonds. The molecule has 3 rings (SSSR count). The first kappa shape index (κ1) is 28.2. The third-order valence-corrected chi connectivity index (χ3v) is 6.92. The number of carbonyl (C=O) groups is 2. The third kappa shape index (κ3) is 6.88. The number of sulfonamides is 1. The monoisotopic (exact) mass is 538 g/mol. The number of nitriles is 1. The molecule has 0 aromatic heterocycles. The fraction of sp³-hybridized carbons (Fsp3) is 0.222. The van der Waals surface area contributed by atoms with Crippen molar-refractivity contribution < 1.29 is 37.3 Å². The van der Waals surface area contributed by atoms with Crippen LogP contribution in [0.2, 0.25) is 0 Å². The number of hydrogen-bond donors (Lipinski definition) is 2. The molecule has 0 aliphatic rings. The van der Waals surface area contributed by atoms with Crippen molar-refractivity contribution in [2.24, 2.45) is 0 Å². The Labute approximate surface area is 220 Å². The van der Waals surface area contributed by atoms with Crippen molar-refractivity contribution in [3.8, 4) is 28.7 Å². The third-order valence-electron chi connectivity index (χ3n) is 5.43. The minimum atomic E-state index is -4.13. The Balaban J connectivity index is 1.87. The van der Waals surface area contributed by atoms with Crippen LogP contribution in [0.3, 0.4) is 0 Å². The molecule has 0 aliphatic heterocycles. The van der Waals surface area contributed by atoms with E-state index in [-0.39, 0.29) is 31.7 Å². The van der Waals surface area contributed by atoms with Gasteiger partial charge in [-0.15, -0.1) is 0 Å². The Kier molecular flexibility index (Phi) is 9.43. The molecule has 2 N–H and O–H groups in total. The van der Waals surface area contributed by atoms with Gasteiger partial charge in [0.25, 0.3) is 0 Å².